The summed E-state index contributed by atoms with van der Waals surface area (Å²) < 4.78 is 7.58. The van der Waals surface area contributed by atoms with Gasteiger partial charge in [-0.2, -0.15) is 0 Å². The fraction of sp³-hybridized carbons (Fsp3) is 0.605. The van der Waals surface area contributed by atoms with Crippen LogP contribution >= 0.6 is 11.3 Å². The lowest BCUT2D eigenvalue weighted by atomic mass is 9.48. The van der Waals surface area contributed by atoms with Crippen molar-refractivity contribution >= 4 is 30.0 Å². The van der Waals surface area contributed by atoms with Gasteiger partial charge in [-0.3, -0.25) is 0 Å². The zero-order chi connectivity index (χ0) is 32.1. The smallest absolute Gasteiger partial charge is 0.261 e. The minimum atomic E-state index is -2.71. The minimum Gasteiger partial charge on any atom is -0.404 e. The standard InChI is InChI=1S/C38H53NO4SSi/c1-35(2,3)45(29-12-8-6-9-13-29,30-14-10-7-11-15-30)43-28-16-19-36(4,27(24-28)25-40)32-17-20-37(5)33(31(32)26-41)18-21-38(37,42)34-39-22-23-44-34/h6-15,22-23,27-28,31-33,40-42H,16-21,24-26H2,1-5H3/t27-,28+,31-,32+,33+,36+,37+,38-/m1/s1. The number of aromatic nitrogens is 1. The monoisotopic (exact) mass is 647 g/mol. The van der Waals surface area contributed by atoms with Crippen molar-refractivity contribution in [2.45, 2.75) is 96.3 Å². The zero-order valence-electron chi connectivity index (χ0n) is 27.8. The predicted molar refractivity (Wildman–Crippen MR) is 185 cm³/mol. The molecule has 0 bridgehead atoms. The van der Waals surface area contributed by atoms with Crippen LogP contribution in [-0.4, -0.2) is 47.9 Å². The average Bonchev–Trinajstić information content (AvgIpc) is 3.68. The second-order valence-electron chi connectivity index (χ2n) is 15.8. The van der Waals surface area contributed by atoms with Crippen LogP contribution in [-0.2, 0) is 10.0 Å². The van der Waals surface area contributed by atoms with Gasteiger partial charge in [-0.05, 0) is 89.4 Å². The Morgan fingerprint density at radius 2 is 1.49 bits per heavy atom. The van der Waals surface area contributed by atoms with Crippen LogP contribution in [0.5, 0.6) is 0 Å². The molecule has 3 aliphatic carbocycles. The lowest BCUT2D eigenvalue weighted by Crippen LogP contribution is -2.68. The molecule has 3 aromatic rings. The van der Waals surface area contributed by atoms with E-state index in [4.69, 9.17) is 4.43 Å². The van der Waals surface area contributed by atoms with E-state index in [2.05, 4.69) is 100 Å². The first-order valence-electron chi connectivity index (χ1n) is 17.1. The molecule has 7 heteroatoms. The number of aliphatic hydroxyl groups is 3. The molecule has 0 spiro atoms. The van der Waals surface area contributed by atoms with Gasteiger partial charge < -0.3 is 19.7 Å². The van der Waals surface area contributed by atoms with Crippen LogP contribution in [0.25, 0.3) is 0 Å². The maximum Gasteiger partial charge on any atom is 0.261 e. The van der Waals surface area contributed by atoms with E-state index >= 15 is 0 Å². The van der Waals surface area contributed by atoms with Crippen LogP contribution in [0.2, 0.25) is 5.04 Å². The Morgan fingerprint density at radius 1 is 0.867 bits per heavy atom. The predicted octanol–water partition coefficient (Wildman–Crippen LogP) is 6.51. The van der Waals surface area contributed by atoms with E-state index in [1.807, 2.05) is 5.38 Å². The highest BCUT2D eigenvalue weighted by molar-refractivity contribution is 7.09. The topological polar surface area (TPSA) is 82.8 Å². The molecule has 3 saturated carbocycles. The first-order valence-corrected chi connectivity index (χ1v) is 19.9. The molecule has 0 aliphatic heterocycles. The van der Waals surface area contributed by atoms with Gasteiger partial charge >= 0.3 is 0 Å². The second-order valence-corrected chi connectivity index (χ2v) is 21.0. The maximum atomic E-state index is 12.1. The molecule has 1 heterocycles. The van der Waals surface area contributed by atoms with Gasteiger partial charge in [0.15, 0.2) is 0 Å². The number of benzene rings is 2. The third kappa shape index (κ3) is 5.21. The van der Waals surface area contributed by atoms with E-state index in [1.54, 1.807) is 17.5 Å². The Balaban J connectivity index is 1.29. The number of fused-ring (bicyclic) bond motifs is 1. The molecule has 3 N–H and O–H groups in total. The van der Waals surface area contributed by atoms with E-state index in [1.165, 1.54) is 10.4 Å². The highest BCUT2D eigenvalue weighted by atomic mass is 32.1. The molecule has 45 heavy (non-hydrogen) atoms. The zero-order valence-corrected chi connectivity index (χ0v) is 29.6. The van der Waals surface area contributed by atoms with Crippen LogP contribution in [0.3, 0.4) is 0 Å². The molecular weight excluding hydrogens is 595 g/mol. The van der Waals surface area contributed by atoms with Crippen molar-refractivity contribution in [1.82, 2.24) is 4.98 Å². The van der Waals surface area contributed by atoms with Crippen molar-refractivity contribution in [3.63, 3.8) is 0 Å². The van der Waals surface area contributed by atoms with Crippen molar-refractivity contribution in [1.29, 1.82) is 0 Å². The Hall–Kier alpha value is -1.87. The van der Waals surface area contributed by atoms with E-state index in [0.29, 0.717) is 6.42 Å². The van der Waals surface area contributed by atoms with E-state index in [0.717, 1.165) is 43.5 Å². The van der Waals surface area contributed by atoms with Crippen molar-refractivity contribution in [2.75, 3.05) is 13.2 Å². The van der Waals surface area contributed by atoms with Crippen molar-refractivity contribution < 1.29 is 19.7 Å². The Bertz CT molecular complexity index is 1380. The molecule has 0 amide bonds. The Labute approximate surface area is 275 Å². The molecule has 244 valence electrons. The molecule has 8 atom stereocenters. The third-order valence-corrected chi connectivity index (χ3v) is 18.9. The van der Waals surface area contributed by atoms with Gasteiger partial charge in [0.25, 0.3) is 8.32 Å². The van der Waals surface area contributed by atoms with Gasteiger partial charge in [0.2, 0.25) is 0 Å². The van der Waals surface area contributed by atoms with E-state index in [9.17, 15) is 15.3 Å². The summed E-state index contributed by atoms with van der Waals surface area (Å²) in [5.41, 5.74) is -1.37. The number of hydrogen-bond acceptors (Lipinski definition) is 6. The number of thiazole rings is 1. The number of hydrogen-bond donors (Lipinski definition) is 3. The summed E-state index contributed by atoms with van der Waals surface area (Å²) in [5.74, 6) is 0.672. The number of rotatable bonds is 8. The summed E-state index contributed by atoms with van der Waals surface area (Å²) in [4.78, 5) is 4.57. The Morgan fingerprint density at radius 3 is 2.02 bits per heavy atom. The quantitative estimate of drug-likeness (QED) is 0.243. The summed E-state index contributed by atoms with van der Waals surface area (Å²) in [6.07, 6.45) is 8.00. The maximum absolute atomic E-state index is 12.1. The van der Waals surface area contributed by atoms with E-state index in [-0.39, 0.29) is 58.9 Å². The molecule has 3 aliphatic rings. The Kier molecular flexibility index (Phi) is 9.03. The second kappa shape index (κ2) is 12.3. The highest BCUT2D eigenvalue weighted by Gasteiger charge is 2.65. The van der Waals surface area contributed by atoms with Gasteiger partial charge in [-0.1, -0.05) is 95.3 Å². The minimum absolute atomic E-state index is 0.0458. The first-order chi connectivity index (χ1) is 21.4. The SMILES string of the molecule is CC(C)(C)[Si](O[C@H]1CC[C@](C)([C@H]2CC[C@@]3(C)[C@@H](CC[C@@]3(O)c3nccs3)[C@@H]2CO)[C@@H](CO)C1)(c1ccccc1)c1ccccc1. The molecule has 0 unspecified atom stereocenters. The summed E-state index contributed by atoms with van der Waals surface area (Å²) in [6.45, 7) is 11.8. The van der Waals surface area contributed by atoms with Gasteiger partial charge in [0.05, 0.1) is 0 Å². The largest absolute Gasteiger partial charge is 0.404 e. The van der Waals surface area contributed by atoms with Gasteiger partial charge in [-0.25, -0.2) is 4.98 Å². The fourth-order valence-electron chi connectivity index (χ4n) is 10.4. The summed E-state index contributed by atoms with van der Waals surface area (Å²) in [7, 11) is -2.71. The van der Waals surface area contributed by atoms with Gasteiger partial charge in [-0.15, -0.1) is 11.3 Å². The normalized spacial score (nSPS) is 35.7. The van der Waals surface area contributed by atoms with Crippen molar-refractivity contribution in [3.05, 3.63) is 77.2 Å². The van der Waals surface area contributed by atoms with Crippen LogP contribution < -0.4 is 10.4 Å². The molecule has 2 aromatic carbocycles. The third-order valence-electron chi connectivity index (χ3n) is 12.9. The molecule has 6 rings (SSSR count). The number of nitrogens with zero attached hydrogens (tertiary/aromatic N) is 1. The highest BCUT2D eigenvalue weighted by Crippen LogP contribution is 2.67. The van der Waals surface area contributed by atoms with Crippen LogP contribution in [0.1, 0.15) is 84.6 Å². The van der Waals surface area contributed by atoms with E-state index < -0.39 is 13.9 Å². The van der Waals surface area contributed by atoms with Gasteiger partial charge in [0, 0.05) is 36.3 Å². The molecule has 5 nitrogen and oxygen atoms in total. The van der Waals surface area contributed by atoms with Crippen molar-refractivity contribution in [3.8, 4) is 0 Å². The molecule has 3 fully saturated rings. The lowest BCUT2D eigenvalue weighted by Gasteiger charge is -2.58. The molecule has 0 radical (unpaired) electrons. The fourth-order valence-corrected chi connectivity index (χ4v) is 16.0. The summed E-state index contributed by atoms with van der Waals surface area (Å²) >= 11 is 1.55. The lowest BCUT2D eigenvalue weighted by molar-refractivity contribution is -0.152. The average molecular weight is 648 g/mol. The summed E-state index contributed by atoms with van der Waals surface area (Å²) in [5, 5.41) is 39.4. The molecule has 0 saturated heterocycles. The van der Waals surface area contributed by atoms with Crippen molar-refractivity contribution in [2.24, 2.45) is 34.5 Å². The summed E-state index contributed by atoms with van der Waals surface area (Å²) in [6, 6.07) is 21.7. The van der Waals surface area contributed by atoms with Gasteiger partial charge in [0.1, 0.15) is 10.6 Å². The molecule has 1 aromatic heterocycles. The number of aliphatic hydroxyl groups excluding tert-OH is 2. The van der Waals surface area contributed by atoms with Crippen LogP contribution in [0.15, 0.2) is 72.2 Å². The van der Waals surface area contributed by atoms with Crippen LogP contribution in [0, 0.1) is 34.5 Å². The molecular formula is C38H53NO4SSi. The van der Waals surface area contributed by atoms with Crippen LogP contribution in [0.4, 0.5) is 0 Å². The first kappa shape index (κ1) is 33.0.